The van der Waals surface area contributed by atoms with Gasteiger partial charge in [0.15, 0.2) is 0 Å². The first kappa shape index (κ1) is 12.9. The third-order valence-electron chi connectivity index (χ3n) is 2.90. The molecule has 1 fully saturated rings. The molecule has 18 heavy (non-hydrogen) atoms. The van der Waals surface area contributed by atoms with Crippen molar-refractivity contribution in [2.24, 2.45) is 0 Å². The lowest BCUT2D eigenvalue weighted by atomic mass is 10.1. The highest BCUT2D eigenvalue weighted by Gasteiger charge is 2.16. The van der Waals surface area contributed by atoms with Crippen molar-refractivity contribution in [3.63, 3.8) is 0 Å². The van der Waals surface area contributed by atoms with Gasteiger partial charge in [0.05, 0.1) is 0 Å². The van der Waals surface area contributed by atoms with E-state index in [2.05, 4.69) is 44.3 Å². The molecule has 0 spiro atoms. The fraction of sp³-hybridized carbons (Fsp3) is 0.750. The van der Waals surface area contributed by atoms with E-state index in [9.17, 15) is 0 Å². The highest BCUT2D eigenvalue weighted by Crippen LogP contribution is 2.18. The van der Waals surface area contributed by atoms with Crippen LogP contribution in [0.15, 0.2) is 0 Å². The summed E-state index contributed by atoms with van der Waals surface area (Å²) in [5.41, 5.74) is 0. The zero-order chi connectivity index (χ0) is 13.0. The Balaban J connectivity index is 2.22. The smallest absolute Gasteiger partial charge is 0.231 e. The second kappa shape index (κ2) is 5.84. The maximum absolute atomic E-state index is 4.50. The second-order valence-electron chi connectivity index (χ2n) is 4.88. The van der Waals surface area contributed by atoms with Crippen LogP contribution in [0.3, 0.4) is 0 Å². The van der Waals surface area contributed by atoms with Gasteiger partial charge in [-0.1, -0.05) is 0 Å². The lowest BCUT2D eigenvalue weighted by Crippen LogP contribution is -2.31. The molecule has 1 aromatic rings. The van der Waals surface area contributed by atoms with E-state index in [0.717, 1.165) is 19.0 Å². The molecule has 2 rings (SSSR count). The average Bonchev–Trinajstić information content (AvgIpc) is 2.38. The van der Waals surface area contributed by atoms with E-state index in [4.69, 9.17) is 0 Å². The largest absolute Gasteiger partial charge is 0.357 e. The molecule has 0 bridgehead atoms. The van der Waals surface area contributed by atoms with Gasteiger partial charge in [0.1, 0.15) is 0 Å². The van der Waals surface area contributed by atoms with Crippen LogP contribution in [-0.2, 0) is 0 Å². The summed E-state index contributed by atoms with van der Waals surface area (Å²) in [4.78, 5) is 15.5. The number of piperidine rings is 1. The van der Waals surface area contributed by atoms with Crippen LogP contribution >= 0.6 is 0 Å². The Kier molecular flexibility index (Phi) is 4.17. The van der Waals surface area contributed by atoms with E-state index in [0.29, 0.717) is 17.9 Å². The fourth-order valence-electron chi connectivity index (χ4n) is 2.03. The van der Waals surface area contributed by atoms with E-state index >= 15 is 0 Å². The van der Waals surface area contributed by atoms with E-state index in [-0.39, 0.29) is 0 Å². The van der Waals surface area contributed by atoms with Gasteiger partial charge in [-0.2, -0.15) is 15.0 Å². The summed E-state index contributed by atoms with van der Waals surface area (Å²) in [5, 5.41) is 6.22. The van der Waals surface area contributed by atoms with Crippen LogP contribution in [0.1, 0.15) is 33.1 Å². The Bertz CT molecular complexity index is 386. The topological polar surface area (TPSA) is 66.0 Å². The normalized spacial score (nSPS) is 15.9. The third kappa shape index (κ3) is 3.21. The molecule has 2 N–H and O–H groups in total. The molecular weight excluding hydrogens is 228 g/mol. The number of rotatable bonds is 4. The summed E-state index contributed by atoms with van der Waals surface area (Å²) in [7, 11) is 1.83. The van der Waals surface area contributed by atoms with E-state index in [1.807, 2.05) is 7.05 Å². The van der Waals surface area contributed by atoms with Gasteiger partial charge >= 0.3 is 0 Å². The lowest BCUT2D eigenvalue weighted by molar-refractivity contribution is 0.567. The molecule has 0 amide bonds. The van der Waals surface area contributed by atoms with Crippen molar-refractivity contribution >= 4 is 17.8 Å². The van der Waals surface area contributed by atoms with Crippen molar-refractivity contribution in [2.75, 3.05) is 35.7 Å². The van der Waals surface area contributed by atoms with Crippen LogP contribution in [0.4, 0.5) is 17.8 Å². The van der Waals surface area contributed by atoms with Gasteiger partial charge in [0, 0.05) is 26.2 Å². The van der Waals surface area contributed by atoms with E-state index in [1.54, 1.807) is 0 Å². The molecule has 6 heteroatoms. The summed E-state index contributed by atoms with van der Waals surface area (Å²) in [5.74, 6) is 2.04. The SMILES string of the molecule is CNc1nc(NC(C)C)nc(N2CCCCC2)n1. The molecule has 1 aliphatic rings. The molecule has 2 heterocycles. The number of hydrogen-bond donors (Lipinski definition) is 2. The summed E-state index contributed by atoms with van der Waals surface area (Å²) < 4.78 is 0. The first-order chi connectivity index (χ1) is 8.69. The van der Waals surface area contributed by atoms with Gasteiger partial charge < -0.3 is 15.5 Å². The van der Waals surface area contributed by atoms with Gasteiger partial charge in [-0.15, -0.1) is 0 Å². The molecule has 100 valence electrons. The first-order valence-electron chi connectivity index (χ1n) is 6.64. The molecule has 1 aliphatic heterocycles. The predicted octanol–water partition coefficient (Wildman–Crippen LogP) is 1.72. The Hall–Kier alpha value is -1.59. The van der Waals surface area contributed by atoms with Crippen LogP contribution in [-0.4, -0.2) is 41.1 Å². The molecule has 6 nitrogen and oxygen atoms in total. The Labute approximate surface area is 108 Å². The highest BCUT2D eigenvalue weighted by molar-refractivity contribution is 5.44. The lowest BCUT2D eigenvalue weighted by Gasteiger charge is -2.27. The molecule has 0 aromatic carbocycles. The van der Waals surface area contributed by atoms with Crippen molar-refractivity contribution in [1.29, 1.82) is 0 Å². The van der Waals surface area contributed by atoms with Gasteiger partial charge in [0.25, 0.3) is 0 Å². The van der Waals surface area contributed by atoms with Crippen molar-refractivity contribution in [3.8, 4) is 0 Å². The van der Waals surface area contributed by atoms with Gasteiger partial charge in [-0.05, 0) is 33.1 Å². The Morgan fingerprint density at radius 3 is 2.28 bits per heavy atom. The molecule has 0 aliphatic carbocycles. The van der Waals surface area contributed by atoms with Gasteiger partial charge in [-0.25, -0.2) is 0 Å². The van der Waals surface area contributed by atoms with Crippen LogP contribution in [0, 0.1) is 0 Å². The molecule has 0 atom stereocenters. The Morgan fingerprint density at radius 2 is 1.67 bits per heavy atom. The summed E-state index contributed by atoms with van der Waals surface area (Å²) in [6, 6.07) is 0.311. The maximum Gasteiger partial charge on any atom is 0.231 e. The molecule has 0 saturated carbocycles. The number of nitrogens with zero attached hydrogens (tertiary/aromatic N) is 4. The first-order valence-corrected chi connectivity index (χ1v) is 6.64. The zero-order valence-electron chi connectivity index (χ0n) is 11.4. The standard InChI is InChI=1S/C12H22N6/c1-9(2)14-11-15-10(13-3)16-12(17-11)18-7-5-4-6-8-18/h9H,4-8H2,1-3H3,(H2,13,14,15,16,17). The van der Waals surface area contributed by atoms with Gasteiger partial charge in [0.2, 0.25) is 17.8 Å². The van der Waals surface area contributed by atoms with E-state index in [1.165, 1.54) is 19.3 Å². The van der Waals surface area contributed by atoms with Crippen molar-refractivity contribution in [1.82, 2.24) is 15.0 Å². The minimum atomic E-state index is 0.311. The minimum absolute atomic E-state index is 0.311. The van der Waals surface area contributed by atoms with Crippen molar-refractivity contribution in [3.05, 3.63) is 0 Å². The highest BCUT2D eigenvalue weighted by atomic mass is 15.3. The molecule has 1 saturated heterocycles. The number of aromatic nitrogens is 3. The molecule has 1 aromatic heterocycles. The van der Waals surface area contributed by atoms with E-state index < -0.39 is 0 Å². The number of nitrogens with one attached hydrogen (secondary N) is 2. The number of anilines is 3. The Morgan fingerprint density at radius 1 is 1.00 bits per heavy atom. The zero-order valence-corrected chi connectivity index (χ0v) is 11.4. The van der Waals surface area contributed by atoms with Crippen molar-refractivity contribution in [2.45, 2.75) is 39.2 Å². The summed E-state index contributed by atoms with van der Waals surface area (Å²) in [6.45, 7) is 6.22. The molecular formula is C12H22N6. The van der Waals surface area contributed by atoms with Crippen LogP contribution in [0.5, 0.6) is 0 Å². The third-order valence-corrected chi connectivity index (χ3v) is 2.90. The monoisotopic (exact) mass is 250 g/mol. The predicted molar refractivity (Wildman–Crippen MR) is 74.2 cm³/mol. The van der Waals surface area contributed by atoms with Crippen LogP contribution < -0.4 is 15.5 Å². The average molecular weight is 250 g/mol. The fourth-order valence-corrected chi connectivity index (χ4v) is 2.03. The summed E-state index contributed by atoms with van der Waals surface area (Å²) in [6.07, 6.45) is 3.73. The van der Waals surface area contributed by atoms with Gasteiger partial charge in [-0.3, -0.25) is 0 Å². The van der Waals surface area contributed by atoms with Crippen molar-refractivity contribution < 1.29 is 0 Å². The molecule has 0 radical (unpaired) electrons. The minimum Gasteiger partial charge on any atom is -0.357 e. The van der Waals surface area contributed by atoms with Crippen LogP contribution in [0.25, 0.3) is 0 Å². The molecule has 0 unspecified atom stereocenters. The second-order valence-corrected chi connectivity index (χ2v) is 4.88. The summed E-state index contributed by atoms with van der Waals surface area (Å²) >= 11 is 0. The number of hydrogen-bond acceptors (Lipinski definition) is 6. The van der Waals surface area contributed by atoms with Crippen LogP contribution in [0.2, 0.25) is 0 Å². The quantitative estimate of drug-likeness (QED) is 0.848. The maximum atomic E-state index is 4.50.